The van der Waals surface area contributed by atoms with Crippen LogP contribution in [0.3, 0.4) is 0 Å². The van der Waals surface area contributed by atoms with Gasteiger partial charge in [0.05, 0.1) is 19.3 Å². The quantitative estimate of drug-likeness (QED) is 0.175. The second-order valence-corrected chi connectivity index (χ2v) is 10.0. The van der Waals surface area contributed by atoms with E-state index in [-0.39, 0.29) is 44.2 Å². The zero-order valence-electron chi connectivity index (χ0n) is 24.5. The number of hydrogen-bond donors (Lipinski definition) is 1. The number of ketones is 2. The predicted octanol–water partition coefficient (Wildman–Crippen LogP) is 2.84. The van der Waals surface area contributed by atoms with Gasteiger partial charge >= 0.3 is 12.1 Å². The summed E-state index contributed by atoms with van der Waals surface area (Å²) in [5, 5.41) is 8.88. The van der Waals surface area contributed by atoms with Crippen molar-refractivity contribution in [3.63, 3.8) is 0 Å². The van der Waals surface area contributed by atoms with E-state index in [2.05, 4.69) is 0 Å². The molecule has 230 valence electrons. The molecule has 2 amide bonds. The molecule has 2 aromatic rings. The van der Waals surface area contributed by atoms with Crippen LogP contribution in [0.25, 0.3) is 5.57 Å². The second kappa shape index (κ2) is 16.4. The number of carbonyl (C=O) groups excluding carboxylic acids is 5. The van der Waals surface area contributed by atoms with Crippen molar-refractivity contribution >= 4 is 35.1 Å². The van der Waals surface area contributed by atoms with Gasteiger partial charge < -0.3 is 24.1 Å². The molecule has 1 heterocycles. The van der Waals surface area contributed by atoms with E-state index >= 15 is 0 Å². The predicted molar refractivity (Wildman–Crippen MR) is 155 cm³/mol. The Kier molecular flexibility index (Phi) is 12.7. The van der Waals surface area contributed by atoms with Crippen LogP contribution in [0.2, 0.25) is 0 Å². The van der Waals surface area contributed by atoms with E-state index in [1.807, 2.05) is 43.3 Å². The molecule has 0 aliphatic carbocycles. The smallest absolute Gasteiger partial charge is 0.417 e. The Morgan fingerprint density at radius 2 is 1.81 bits per heavy atom. The van der Waals surface area contributed by atoms with Gasteiger partial charge in [0.2, 0.25) is 0 Å². The van der Waals surface area contributed by atoms with E-state index in [9.17, 15) is 24.0 Å². The monoisotopic (exact) mass is 595 g/mol. The number of hydrogen-bond acceptors (Lipinski definition) is 10. The average Bonchev–Trinajstić information content (AvgIpc) is 3.34. The van der Waals surface area contributed by atoms with Gasteiger partial charge in [-0.25, -0.2) is 9.69 Å². The fraction of sp³-hybridized carbons (Fsp3) is 0.406. The van der Waals surface area contributed by atoms with Crippen molar-refractivity contribution < 1.29 is 48.0 Å². The highest BCUT2D eigenvalue weighted by atomic mass is 16.6. The zero-order valence-corrected chi connectivity index (χ0v) is 24.5. The van der Waals surface area contributed by atoms with Gasteiger partial charge in [0, 0.05) is 32.6 Å². The fourth-order valence-electron chi connectivity index (χ4n) is 4.70. The van der Waals surface area contributed by atoms with Gasteiger partial charge in [-0.3, -0.25) is 19.2 Å². The van der Waals surface area contributed by atoms with Crippen molar-refractivity contribution in [1.82, 2.24) is 4.90 Å². The van der Waals surface area contributed by atoms with E-state index in [0.717, 1.165) is 36.1 Å². The summed E-state index contributed by atoms with van der Waals surface area (Å²) >= 11 is 0. The van der Waals surface area contributed by atoms with E-state index in [4.69, 9.17) is 24.1 Å². The number of aliphatic hydroxyl groups is 1. The number of Topliss-reactive ketones (excluding diaryl/α,β-unsaturated/α-hetero) is 1. The fourth-order valence-corrected chi connectivity index (χ4v) is 4.70. The molecular weight excluding hydrogens is 558 g/mol. The third-order valence-corrected chi connectivity index (χ3v) is 6.70. The topological polar surface area (TPSA) is 146 Å². The van der Waals surface area contributed by atoms with Crippen LogP contribution in [-0.2, 0) is 44.5 Å². The first-order valence-electron chi connectivity index (χ1n) is 13.9. The molecule has 43 heavy (non-hydrogen) atoms. The van der Waals surface area contributed by atoms with Crippen LogP contribution < -0.4 is 0 Å². The highest BCUT2D eigenvalue weighted by Gasteiger charge is 2.46. The first-order chi connectivity index (χ1) is 20.7. The number of benzene rings is 2. The normalized spacial score (nSPS) is 16.4. The molecule has 0 saturated carbocycles. The number of imide groups is 1. The summed E-state index contributed by atoms with van der Waals surface area (Å²) in [4.78, 5) is 66.4. The molecule has 1 aliphatic rings. The minimum absolute atomic E-state index is 0.0319. The molecule has 1 aliphatic heterocycles. The molecule has 0 radical (unpaired) electrons. The Morgan fingerprint density at radius 1 is 1.07 bits per heavy atom. The molecule has 1 fully saturated rings. The summed E-state index contributed by atoms with van der Waals surface area (Å²) in [7, 11) is 1.16. The number of carbonyl (C=O) groups is 5. The number of nitrogens with zero attached hydrogens (tertiary/aromatic N) is 1. The molecule has 2 aromatic carbocycles. The maximum atomic E-state index is 13.7. The number of esters is 1. The number of aliphatic hydroxyl groups excluding tert-OH is 1. The molecule has 11 heteroatoms. The SMILES string of the molecule is COC(C(=O)N1C(=O)OCC1Cc1ccccc1)C(OC(C)=O)C(=O)C=C(C(=O)CCCOCCO)c1cccc(C)c1. The van der Waals surface area contributed by atoms with E-state index in [0.29, 0.717) is 18.4 Å². The molecule has 3 rings (SSSR count). The van der Waals surface area contributed by atoms with Gasteiger partial charge in [0.15, 0.2) is 23.8 Å². The van der Waals surface area contributed by atoms with Crippen LogP contribution in [0.1, 0.15) is 36.5 Å². The van der Waals surface area contributed by atoms with Crippen LogP contribution >= 0.6 is 0 Å². The lowest BCUT2D eigenvalue weighted by molar-refractivity contribution is -0.166. The van der Waals surface area contributed by atoms with E-state index in [1.165, 1.54) is 0 Å². The third kappa shape index (κ3) is 9.40. The first kappa shape index (κ1) is 33.3. The number of amides is 2. The van der Waals surface area contributed by atoms with E-state index in [1.54, 1.807) is 18.2 Å². The van der Waals surface area contributed by atoms with Crippen LogP contribution in [0.5, 0.6) is 0 Å². The van der Waals surface area contributed by atoms with Crippen molar-refractivity contribution in [2.75, 3.05) is 33.5 Å². The lowest BCUT2D eigenvalue weighted by atomic mass is 9.94. The minimum atomic E-state index is -1.79. The number of allylic oxidation sites excluding steroid dienone is 1. The maximum absolute atomic E-state index is 13.7. The Hall–Kier alpha value is -4.19. The number of cyclic esters (lactones) is 1. The Morgan fingerprint density at radius 3 is 2.47 bits per heavy atom. The van der Waals surface area contributed by atoms with Crippen molar-refractivity contribution in [1.29, 1.82) is 0 Å². The largest absolute Gasteiger partial charge is 0.451 e. The van der Waals surface area contributed by atoms with Crippen LogP contribution in [-0.4, -0.2) is 91.3 Å². The van der Waals surface area contributed by atoms with Crippen molar-refractivity contribution in [3.05, 3.63) is 77.4 Å². The Labute approximate surface area is 250 Å². The molecule has 0 aromatic heterocycles. The van der Waals surface area contributed by atoms with Crippen molar-refractivity contribution in [3.8, 4) is 0 Å². The molecule has 3 unspecified atom stereocenters. The van der Waals surface area contributed by atoms with Gasteiger partial charge in [-0.2, -0.15) is 0 Å². The summed E-state index contributed by atoms with van der Waals surface area (Å²) in [5.41, 5.74) is 2.21. The summed E-state index contributed by atoms with van der Waals surface area (Å²) < 4.78 is 21.1. The van der Waals surface area contributed by atoms with Crippen molar-refractivity contribution in [2.24, 2.45) is 0 Å². The highest BCUT2D eigenvalue weighted by Crippen LogP contribution is 2.24. The molecule has 1 N–H and O–H groups in total. The lowest BCUT2D eigenvalue weighted by Crippen LogP contribution is -2.53. The second-order valence-electron chi connectivity index (χ2n) is 10.0. The van der Waals surface area contributed by atoms with Gasteiger partial charge in [-0.15, -0.1) is 0 Å². The van der Waals surface area contributed by atoms with Crippen LogP contribution in [0.15, 0.2) is 60.7 Å². The molecule has 0 spiro atoms. The summed E-state index contributed by atoms with van der Waals surface area (Å²) in [5.74, 6) is -3.03. The molecule has 11 nitrogen and oxygen atoms in total. The number of rotatable bonds is 16. The zero-order chi connectivity index (χ0) is 31.4. The molecule has 0 bridgehead atoms. The maximum Gasteiger partial charge on any atom is 0.417 e. The Balaban J connectivity index is 1.92. The van der Waals surface area contributed by atoms with Gasteiger partial charge in [0.25, 0.3) is 5.91 Å². The van der Waals surface area contributed by atoms with Crippen LogP contribution in [0.4, 0.5) is 4.79 Å². The third-order valence-electron chi connectivity index (χ3n) is 6.70. The number of methoxy groups -OCH3 is 1. The van der Waals surface area contributed by atoms with Crippen molar-refractivity contribution in [2.45, 2.75) is 51.4 Å². The van der Waals surface area contributed by atoms with Gasteiger partial charge in [-0.1, -0.05) is 60.2 Å². The van der Waals surface area contributed by atoms with Gasteiger partial charge in [0.1, 0.15) is 6.61 Å². The molecule has 1 saturated heterocycles. The summed E-state index contributed by atoms with van der Waals surface area (Å²) in [6, 6.07) is 15.5. The number of aryl methyl sites for hydroxylation is 1. The van der Waals surface area contributed by atoms with Gasteiger partial charge in [-0.05, 0) is 37.0 Å². The minimum Gasteiger partial charge on any atom is -0.451 e. The summed E-state index contributed by atoms with van der Waals surface area (Å²) in [6.07, 6.45) is -2.68. The Bertz CT molecular complexity index is 1320. The van der Waals surface area contributed by atoms with E-state index < -0.39 is 42.0 Å². The standard InChI is InChI=1S/C32H37NO10/c1-21-9-7-12-24(17-21)26(27(36)13-8-15-41-16-14-34)19-28(37)29(43-22(2)35)30(40-3)31(38)33-25(20-42-32(33)39)18-23-10-5-4-6-11-23/h4-7,9-12,17,19,25,29-30,34H,8,13-16,18,20H2,1-3H3. The lowest BCUT2D eigenvalue weighted by Gasteiger charge is -2.28. The summed E-state index contributed by atoms with van der Waals surface area (Å²) in [6.45, 7) is 3.07. The average molecular weight is 596 g/mol. The number of ether oxygens (including phenoxy) is 4. The highest BCUT2D eigenvalue weighted by molar-refractivity contribution is 6.25. The first-order valence-corrected chi connectivity index (χ1v) is 13.9. The van der Waals surface area contributed by atoms with Crippen LogP contribution in [0, 0.1) is 6.92 Å². The molecule has 3 atom stereocenters. The molecular formula is C32H37NO10.